The molecule has 0 unspecified atom stereocenters. The van der Waals surface area contributed by atoms with Crippen LogP contribution in [0.15, 0.2) is 53.5 Å². The van der Waals surface area contributed by atoms with Crippen LogP contribution in [0, 0.1) is 0 Å². The molecule has 2 N–H and O–H groups in total. The second kappa shape index (κ2) is 10.7. The molecule has 1 heterocycles. The second-order valence-electron chi connectivity index (χ2n) is 7.09. The monoisotopic (exact) mass is 396 g/mol. The van der Waals surface area contributed by atoms with Crippen LogP contribution < -0.4 is 10.2 Å². The van der Waals surface area contributed by atoms with Crippen molar-refractivity contribution in [2.45, 2.75) is 27.0 Å². The van der Waals surface area contributed by atoms with Crippen molar-refractivity contribution >= 4 is 11.6 Å². The molecule has 156 valence electrons. The summed E-state index contributed by atoms with van der Waals surface area (Å²) in [6, 6.07) is 16.0. The Kier molecular flexibility index (Phi) is 7.76. The number of nitrogens with zero attached hydrogens (tertiary/aromatic N) is 3. The molecule has 1 saturated heterocycles. The van der Waals surface area contributed by atoms with Gasteiger partial charge in [-0.1, -0.05) is 36.4 Å². The van der Waals surface area contributed by atoms with Crippen LogP contribution in [0.4, 0.5) is 5.69 Å². The molecular weight excluding hydrogens is 364 g/mol. The van der Waals surface area contributed by atoms with Gasteiger partial charge >= 0.3 is 0 Å². The van der Waals surface area contributed by atoms with Gasteiger partial charge in [0.25, 0.3) is 0 Å². The summed E-state index contributed by atoms with van der Waals surface area (Å²) in [6.45, 7) is 10.4. The lowest BCUT2D eigenvalue weighted by Gasteiger charge is -2.37. The Morgan fingerprint density at radius 1 is 1.00 bits per heavy atom. The summed E-state index contributed by atoms with van der Waals surface area (Å²) in [6.07, 6.45) is 0. The number of benzene rings is 2. The summed E-state index contributed by atoms with van der Waals surface area (Å²) in [5.74, 6) is 1.29. The lowest BCUT2D eigenvalue weighted by Crippen LogP contribution is -2.52. The molecule has 2 aromatic rings. The lowest BCUT2D eigenvalue weighted by atomic mass is 10.1. The van der Waals surface area contributed by atoms with Crippen molar-refractivity contribution in [3.63, 3.8) is 0 Å². The molecule has 0 amide bonds. The van der Waals surface area contributed by atoms with Gasteiger partial charge in [0.2, 0.25) is 0 Å². The highest BCUT2D eigenvalue weighted by atomic mass is 16.5. The number of hydrogen-bond donors (Lipinski definition) is 2. The highest BCUT2D eigenvalue weighted by Crippen LogP contribution is 2.27. The Bertz CT molecular complexity index is 784. The van der Waals surface area contributed by atoms with E-state index in [-0.39, 0.29) is 0 Å². The van der Waals surface area contributed by atoms with Crippen LogP contribution in [0.5, 0.6) is 5.75 Å². The first-order valence-electron chi connectivity index (χ1n) is 10.4. The van der Waals surface area contributed by atoms with Gasteiger partial charge in [-0.25, -0.2) is 4.99 Å². The molecule has 0 atom stereocenters. The van der Waals surface area contributed by atoms with E-state index in [0.717, 1.165) is 51.0 Å². The van der Waals surface area contributed by atoms with Gasteiger partial charge in [-0.05, 0) is 37.1 Å². The van der Waals surface area contributed by atoms with Crippen molar-refractivity contribution in [2.75, 3.05) is 44.2 Å². The molecule has 0 bridgehead atoms. The molecule has 6 nitrogen and oxygen atoms in total. The summed E-state index contributed by atoms with van der Waals surface area (Å²) in [5.41, 5.74) is 3.28. The van der Waals surface area contributed by atoms with E-state index in [2.05, 4.69) is 46.3 Å². The van der Waals surface area contributed by atoms with E-state index in [9.17, 15) is 5.11 Å². The zero-order chi connectivity index (χ0) is 20.5. The summed E-state index contributed by atoms with van der Waals surface area (Å²) in [7, 11) is 0. The van der Waals surface area contributed by atoms with Crippen molar-refractivity contribution in [3.05, 3.63) is 59.7 Å². The largest absolute Gasteiger partial charge is 0.506 e. The molecule has 2 aromatic carbocycles. The zero-order valence-corrected chi connectivity index (χ0v) is 17.5. The molecule has 0 radical (unpaired) electrons. The van der Waals surface area contributed by atoms with Crippen LogP contribution in [0.2, 0.25) is 0 Å². The molecule has 1 fully saturated rings. The minimum Gasteiger partial charge on any atom is -0.506 e. The molecule has 0 saturated carbocycles. The van der Waals surface area contributed by atoms with Crippen LogP contribution in [-0.4, -0.2) is 55.3 Å². The van der Waals surface area contributed by atoms with Crippen molar-refractivity contribution in [3.8, 4) is 5.75 Å². The fourth-order valence-electron chi connectivity index (χ4n) is 3.44. The normalized spacial score (nSPS) is 14.9. The van der Waals surface area contributed by atoms with Gasteiger partial charge in [-0.2, -0.15) is 0 Å². The predicted octanol–water partition coefficient (Wildman–Crippen LogP) is 3.22. The van der Waals surface area contributed by atoms with Crippen LogP contribution in [0.25, 0.3) is 0 Å². The molecule has 1 aliphatic rings. The first-order chi connectivity index (χ1) is 14.2. The fourth-order valence-corrected chi connectivity index (χ4v) is 3.44. The van der Waals surface area contributed by atoms with Crippen LogP contribution in [0.1, 0.15) is 25.0 Å². The minimum atomic E-state index is 0.342. The number of rotatable bonds is 7. The number of ether oxygens (including phenoxy) is 1. The first kappa shape index (κ1) is 21.0. The Morgan fingerprint density at radius 2 is 1.69 bits per heavy atom. The summed E-state index contributed by atoms with van der Waals surface area (Å²) in [4.78, 5) is 9.37. The molecule has 0 spiro atoms. The predicted molar refractivity (Wildman–Crippen MR) is 118 cm³/mol. The molecular formula is C23H32N4O2. The van der Waals surface area contributed by atoms with E-state index in [0.29, 0.717) is 18.9 Å². The van der Waals surface area contributed by atoms with Gasteiger partial charge in [0.05, 0.1) is 18.8 Å². The summed E-state index contributed by atoms with van der Waals surface area (Å²) in [5, 5.41) is 13.5. The maximum Gasteiger partial charge on any atom is 0.194 e. The van der Waals surface area contributed by atoms with E-state index in [4.69, 9.17) is 9.73 Å². The Morgan fingerprint density at radius 3 is 2.34 bits per heavy atom. The zero-order valence-electron chi connectivity index (χ0n) is 17.5. The van der Waals surface area contributed by atoms with Gasteiger partial charge in [-0.15, -0.1) is 0 Å². The molecule has 0 aliphatic carbocycles. The van der Waals surface area contributed by atoms with Crippen molar-refractivity contribution in [2.24, 2.45) is 4.99 Å². The number of nitrogens with one attached hydrogen (secondary N) is 1. The van der Waals surface area contributed by atoms with Gasteiger partial charge in [0.1, 0.15) is 5.75 Å². The Labute approximate surface area is 173 Å². The molecule has 1 aliphatic heterocycles. The van der Waals surface area contributed by atoms with Crippen LogP contribution >= 0.6 is 0 Å². The maximum absolute atomic E-state index is 10.1. The Hall–Kier alpha value is -2.73. The highest BCUT2D eigenvalue weighted by molar-refractivity contribution is 5.80. The average molecular weight is 397 g/mol. The topological polar surface area (TPSA) is 60.3 Å². The molecule has 0 aromatic heterocycles. The van der Waals surface area contributed by atoms with Crippen molar-refractivity contribution in [1.29, 1.82) is 0 Å². The van der Waals surface area contributed by atoms with E-state index in [1.165, 1.54) is 11.1 Å². The third-order valence-electron chi connectivity index (χ3n) is 5.04. The second-order valence-corrected chi connectivity index (χ2v) is 7.09. The van der Waals surface area contributed by atoms with E-state index in [1.807, 2.05) is 25.1 Å². The number of piperazine rings is 1. The van der Waals surface area contributed by atoms with E-state index < -0.39 is 0 Å². The van der Waals surface area contributed by atoms with Gasteiger partial charge in [0.15, 0.2) is 5.96 Å². The maximum atomic E-state index is 10.1. The number of aromatic hydroxyl groups is 1. The van der Waals surface area contributed by atoms with Crippen molar-refractivity contribution in [1.82, 2.24) is 10.2 Å². The first-order valence-corrected chi connectivity index (χ1v) is 10.4. The highest BCUT2D eigenvalue weighted by Gasteiger charge is 2.21. The average Bonchev–Trinajstić information content (AvgIpc) is 2.76. The standard InChI is InChI=1S/C23H32N4O2/c1-3-24-23(25-17-19-9-11-20(12-10-19)18-29-4-2)27-15-13-26(14-16-27)21-7-5-6-8-22(21)28/h5-12,28H,3-4,13-18H2,1-2H3,(H,24,25). The minimum absolute atomic E-state index is 0.342. The number of aliphatic imine (C=N–C) groups is 1. The SMILES string of the molecule is CCNC(=NCc1ccc(COCC)cc1)N1CCN(c2ccccc2O)CC1. The number of hydrogen-bond acceptors (Lipinski definition) is 4. The van der Waals surface area contributed by atoms with Gasteiger partial charge < -0.3 is 25.0 Å². The van der Waals surface area contributed by atoms with E-state index in [1.54, 1.807) is 6.07 Å². The fraction of sp³-hybridized carbons (Fsp3) is 0.435. The van der Waals surface area contributed by atoms with E-state index >= 15 is 0 Å². The number of phenols is 1. The number of phenolic OH excluding ortho intramolecular Hbond substituents is 1. The van der Waals surface area contributed by atoms with Crippen LogP contribution in [-0.2, 0) is 17.9 Å². The number of guanidine groups is 1. The summed E-state index contributed by atoms with van der Waals surface area (Å²) < 4.78 is 5.45. The third kappa shape index (κ3) is 5.87. The molecule has 3 rings (SSSR count). The van der Waals surface area contributed by atoms with Crippen LogP contribution in [0.3, 0.4) is 0 Å². The third-order valence-corrected chi connectivity index (χ3v) is 5.04. The van der Waals surface area contributed by atoms with Gasteiger partial charge in [-0.3, -0.25) is 0 Å². The number of anilines is 1. The smallest absolute Gasteiger partial charge is 0.194 e. The molecule has 6 heteroatoms. The quantitative estimate of drug-likeness (QED) is 0.556. The Balaban J connectivity index is 1.59. The van der Waals surface area contributed by atoms with Gasteiger partial charge in [0, 0.05) is 39.3 Å². The summed E-state index contributed by atoms with van der Waals surface area (Å²) >= 11 is 0. The lowest BCUT2D eigenvalue weighted by molar-refractivity contribution is 0.134. The van der Waals surface area contributed by atoms with Crippen molar-refractivity contribution < 1.29 is 9.84 Å². The number of para-hydroxylation sites is 2. The molecule has 29 heavy (non-hydrogen) atoms.